The monoisotopic (exact) mass is 337 g/mol. The van der Waals surface area contributed by atoms with Crippen LogP contribution >= 0.6 is 11.5 Å². The van der Waals surface area contributed by atoms with E-state index in [9.17, 15) is 4.79 Å². The number of hydrogen-bond donors (Lipinski definition) is 0. The molecule has 128 valence electrons. The van der Waals surface area contributed by atoms with E-state index in [-0.39, 0.29) is 5.92 Å². The van der Waals surface area contributed by atoms with Gasteiger partial charge < -0.3 is 14.7 Å². The Hall–Kier alpha value is -1.21. The summed E-state index contributed by atoms with van der Waals surface area (Å²) < 4.78 is 4.45. The summed E-state index contributed by atoms with van der Waals surface area (Å²) in [7, 11) is 2.12. The van der Waals surface area contributed by atoms with Gasteiger partial charge in [0, 0.05) is 56.7 Å². The van der Waals surface area contributed by atoms with E-state index in [1.54, 1.807) is 0 Å². The molecule has 3 heterocycles. The lowest BCUT2D eigenvalue weighted by Crippen LogP contribution is -2.51. The molecule has 7 heteroatoms. The van der Waals surface area contributed by atoms with E-state index >= 15 is 0 Å². The van der Waals surface area contributed by atoms with Crippen molar-refractivity contribution >= 4 is 22.6 Å². The van der Waals surface area contributed by atoms with Crippen molar-refractivity contribution in [2.45, 2.75) is 32.6 Å². The van der Waals surface area contributed by atoms with Crippen LogP contribution in [-0.4, -0.2) is 71.4 Å². The lowest BCUT2D eigenvalue weighted by Gasteiger charge is -2.38. The highest BCUT2D eigenvalue weighted by Gasteiger charge is 2.31. The van der Waals surface area contributed by atoms with E-state index in [0.717, 1.165) is 63.1 Å². The highest BCUT2D eigenvalue weighted by atomic mass is 32.1. The van der Waals surface area contributed by atoms with Crippen LogP contribution in [0.25, 0.3) is 0 Å². The first-order chi connectivity index (χ1) is 11.0. The Morgan fingerprint density at radius 2 is 1.96 bits per heavy atom. The summed E-state index contributed by atoms with van der Waals surface area (Å²) in [6.45, 7) is 9.69. The van der Waals surface area contributed by atoms with E-state index in [1.807, 2.05) is 4.90 Å². The number of anilines is 1. The summed E-state index contributed by atoms with van der Waals surface area (Å²) in [5, 5.41) is 0.976. The van der Waals surface area contributed by atoms with Crippen LogP contribution in [-0.2, 0) is 4.79 Å². The van der Waals surface area contributed by atoms with Crippen LogP contribution in [0.15, 0.2) is 0 Å². The Kier molecular flexibility index (Phi) is 5.16. The molecule has 3 rings (SSSR count). The topological polar surface area (TPSA) is 52.6 Å². The molecule has 23 heavy (non-hydrogen) atoms. The first-order valence-electron chi connectivity index (χ1n) is 8.60. The smallest absolute Gasteiger partial charge is 0.227 e. The fourth-order valence-electron chi connectivity index (χ4n) is 3.23. The predicted molar refractivity (Wildman–Crippen MR) is 93.0 cm³/mol. The maximum atomic E-state index is 12.8. The van der Waals surface area contributed by atoms with Gasteiger partial charge in [0.1, 0.15) is 5.82 Å². The third-order valence-electron chi connectivity index (χ3n) is 4.80. The van der Waals surface area contributed by atoms with Gasteiger partial charge in [-0.15, -0.1) is 0 Å². The summed E-state index contributed by atoms with van der Waals surface area (Å²) in [4.78, 5) is 24.0. The van der Waals surface area contributed by atoms with Crippen molar-refractivity contribution < 1.29 is 4.79 Å². The number of aromatic nitrogens is 2. The van der Waals surface area contributed by atoms with Crippen molar-refractivity contribution in [3.8, 4) is 0 Å². The number of hydrogen-bond acceptors (Lipinski definition) is 6. The van der Waals surface area contributed by atoms with Crippen molar-refractivity contribution in [2.75, 3.05) is 51.2 Å². The van der Waals surface area contributed by atoms with Crippen molar-refractivity contribution in [2.24, 2.45) is 5.92 Å². The lowest BCUT2D eigenvalue weighted by atomic mass is 9.96. The largest absolute Gasteiger partial charge is 0.346 e. The lowest BCUT2D eigenvalue weighted by molar-refractivity contribution is -0.137. The number of likely N-dealkylation sites (N-methyl/N-ethyl adjacent to an activating group) is 1. The third kappa shape index (κ3) is 3.83. The molecule has 2 saturated heterocycles. The van der Waals surface area contributed by atoms with E-state index < -0.39 is 0 Å². The molecular formula is C16H27N5OS. The van der Waals surface area contributed by atoms with E-state index in [1.165, 1.54) is 11.5 Å². The number of piperidine rings is 1. The van der Waals surface area contributed by atoms with Crippen LogP contribution in [0.1, 0.15) is 38.4 Å². The predicted octanol–water partition coefficient (Wildman–Crippen LogP) is 1.65. The molecule has 0 aromatic carbocycles. The van der Waals surface area contributed by atoms with Crippen molar-refractivity contribution in [1.82, 2.24) is 19.2 Å². The summed E-state index contributed by atoms with van der Waals surface area (Å²) in [6, 6.07) is 0. The summed E-state index contributed by atoms with van der Waals surface area (Å²) in [6.07, 6.45) is 2.05. The molecule has 1 aromatic heterocycles. The van der Waals surface area contributed by atoms with Gasteiger partial charge in [-0.3, -0.25) is 4.79 Å². The van der Waals surface area contributed by atoms with Gasteiger partial charge in [0.2, 0.25) is 11.0 Å². The number of carbonyl (C=O) groups excluding carboxylic acids is 1. The molecule has 0 spiro atoms. The second-order valence-corrected chi connectivity index (χ2v) is 7.73. The highest BCUT2D eigenvalue weighted by molar-refractivity contribution is 7.09. The van der Waals surface area contributed by atoms with Crippen LogP contribution in [0.2, 0.25) is 0 Å². The van der Waals surface area contributed by atoms with Crippen LogP contribution < -0.4 is 4.90 Å². The summed E-state index contributed by atoms with van der Waals surface area (Å²) in [5.74, 6) is 1.71. The number of piperazine rings is 1. The van der Waals surface area contributed by atoms with Gasteiger partial charge in [0.05, 0.1) is 5.92 Å². The standard InChI is InChI=1S/C16H27N5OS/c1-12(2)14-17-16(23-18-14)21-6-4-5-13(11-21)15(22)20-9-7-19(3)8-10-20/h12-13H,4-11H2,1-3H3/t13-/m1/s1. The molecular weight excluding hydrogens is 310 g/mol. The third-order valence-corrected chi connectivity index (χ3v) is 5.59. The number of amides is 1. The van der Waals surface area contributed by atoms with E-state index in [4.69, 9.17) is 0 Å². The molecule has 1 amide bonds. The average Bonchev–Trinajstić information content (AvgIpc) is 3.05. The second-order valence-electron chi connectivity index (χ2n) is 7.00. The normalized spacial score (nSPS) is 23.6. The van der Waals surface area contributed by atoms with Gasteiger partial charge in [-0.05, 0) is 19.9 Å². The van der Waals surface area contributed by atoms with E-state index in [2.05, 4.69) is 40.1 Å². The average molecular weight is 337 g/mol. The first kappa shape index (κ1) is 16.6. The fraction of sp³-hybridized carbons (Fsp3) is 0.812. The van der Waals surface area contributed by atoms with Gasteiger partial charge >= 0.3 is 0 Å². The quantitative estimate of drug-likeness (QED) is 0.839. The summed E-state index contributed by atoms with van der Waals surface area (Å²) in [5.41, 5.74) is 0. The molecule has 2 aliphatic rings. The minimum absolute atomic E-state index is 0.110. The first-order valence-corrected chi connectivity index (χ1v) is 9.38. The SMILES string of the molecule is CC(C)c1nsc(N2CCC[C@@H](C(=O)N3CCN(C)CC3)C2)n1. The van der Waals surface area contributed by atoms with Crippen LogP contribution in [0, 0.1) is 5.92 Å². The zero-order valence-corrected chi connectivity index (χ0v) is 15.2. The molecule has 0 bridgehead atoms. The maximum absolute atomic E-state index is 12.8. The molecule has 2 fully saturated rings. The molecule has 0 N–H and O–H groups in total. The molecule has 1 aromatic rings. The number of carbonyl (C=O) groups is 1. The molecule has 0 aliphatic carbocycles. The molecule has 1 atom stereocenters. The minimum atomic E-state index is 0.110. The molecule has 6 nitrogen and oxygen atoms in total. The maximum Gasteiger partial charge on any atom is 0.227 e. The van der Waals surface area contributed by atoms with Crippen LogP contribution in [0.3, 0.4) is 0 Å². The Balaban J connectivity index is 1.62. The Morgan fingerprint density at radius 1 is 1.22 bits per heavy atom. The minimum Gasteiger partial charge on any atom is -0.346 e. The van der Waals surface area contributed by atoms with Crippen molar-refractivity contribution in [3.05, 3.63) is 5.82 Å². The van der Waals surface area contributed by atoms with Gasteiger partial charge in [-0.25, -0.2) is 4.98 Å². The Morgan fingerprint density at radius 3 is 2.61 bits per heavy atom. The van der Waals surface area contributed by atoms with E-state index in [0.29, 0.717) is 11.8 Å². The van der Waals surface area contributed by atoms with Gasteiger partial charge in [0.15, 0.2) is 0 Å². The zero-order valence-electron chi connectivity index (χ0n) is 14.4. The number of nitrogens with zero attached hydrogens (tertiary/aromatic N) is 5. The highest BCUT2D eigenvalue weighted by Crippen LogP contribution is 2.27. The number of rotatable bonds is 3. The molecule has 0 radical (unpaired) electrons. The second kappa shape index (κ2) is 7.13. The molecule has 2 aliphatic heterocycles. The molecule has 0 unspecified atom stereocenters. The zero-order chi connectivity index (χ0) is 16.4. The van der Waals surface area contributed by atoms with Crippen LogP contribution in [0.4, 0.5) is 5.13 Å². The van der Waals surface area contributed by atoms with Gasteiger partial charge in [-0.1, -0.05) is 13.8 Å². The summed E-state index contributed by atoms with van der Waals surface area (Å²) >= 11 is 1.47. The van der Waals surface area contributed by atoms with Gasteiger partial charge in [0.25, 0.3) is 0 Å². The van der Waals surface area contributed by atoms with Crippen molar-refractivity contribution in [3.63, 3.8) is 0 Å². The van der Waals surface area contributed by atoms with Crippen molar-refractivity contribution in [1.29, 1.82) is 0 Å². The fourth-order valence-corrected chi connectivity index (χ4v) is 4.07. The van der Waals surface area contributed by atoms with Gasteiger partial charge in [-0.2, -0.15) is 4.37 Å². The molecule has 0 saturated carbocycles. The van der Waals surface area contributed by atoms with Crippen LogP contribution in [0.5, 0.6) is 0 Å². The Bertz CT molecular complexity index is 538. The Labute approximate surface area is 142 Å².